The molecule has 2 aromatic carbocycles. The van der Waals surface area contributed by atoms with Crippen LogP contribution in [0.3, 0.4) is 0 Å². The summed E-state index contributed by atoms with van der Waals surface area (Å²) in [5.41, 5.74) is 0.333. The molecule has 1 aliphatic heterocycles. The highest BCUT2D eigenvalue weighted by atomic mass is 19.4. The number of para-hydroxylation sites is 1. The molecule has 0 aliphatic carbocycles. The molecule has 0 saturated heterocycles. The number of halogens is 3. The summed E-state index contributed by atoms with van der Waals surface area (Å²) in [7, 11) is 0. The lowest BCUT2D eigenvalue weighted by Gasteiger charge is -2.33. The third-order valence-electron chi connectivity index (χ3n) is 4.50. The van der Waals surface area contributed by atoms with Crippen LogP contribution >= 0.6 is 0 Å². The quantitative estimate of drug-likeness (QED) is 0.707. The average Bonchev–Trinajstić information content (AvgIpc) is 3.10. The first-order chi connectivity index (χ1) is 13.3. The van der Waals surface area contributed by atoms with E-state index in [2.05, 4.69) is 10.4 Å². The molecule has 28 heavy (non-hydrogen) atoms. The topological polar surface area (TPSA) is 65.5 Å². The minimum atomic E-state index is -5.08. The highest BCUT2D eigenvalue weighted by Crippen LogP contribution is 2.37. The van der Waals surface area contributed by atoms with Crippen molar-refractivity contribution in [3.8, 4) is 11.3 Å². The molecule has 0 unspecified atom stereocenters. The summed E-state index contributed by atoms with van der Waals surface area (Å²) in [5.74, 6) is -1.03. The maximum Gasteiger partial charge on any atom is 0.442 e. The Hall–Kier alpha value is -3.39. The number of hydrogen-bond donors (Lipinski definition) is 2. The molecule has 3 aromatic rings. The predicted molar refractivity (Wildman–Crippen MR) is 96.6 cm³/mol. The standard InChI is InChI=1S/C20H14F3N3O2/c21-20(22,23)19(28)10-11-24-26(19)18(27)15-12-17(13-6-2-1-3-7-13)25-16-9-5-4-8-14(15)16/h1-12,24,28H/t19-/m1/s1. The Morgan fingerprint density at radius 1 is 1.07 bits per heavy atom. The second-order valence-electron chi connectivity index (χ2n) is 6.27. The highest BCUT2D eigenvalue weighted by molar-refractivity contribution is 6.07. The van der Waals surface area contributed by atoms with Gasteiger partial charge in [-0.25, -0.2) is 9.99 Å². The van der Waals surface area contributed by atoms with Crippen molar-refractivity contribution in [2.75, 3.05) is 0 Å². The molecule has 1 aliphatic rings. The van der Waals surface area contributed by atoms with E-state index in [9.17, 15) is 23.1 Å². The van der Waals surface area contributed by atoms with Crippen molar-refractivity contribution < 1.29 is 23.1 Å². The third kappa shape index (κ3) is 2.78. The molecule has 0 fully saturated rings. The number of carbonyl (C=O) groups is 1. The van der Waals surface area contributed by atoms with E-state index in [1.54, 1.807) is 48.5 Å². The van der Waals surface area contributed by atoms with Gasteiger partial charge in [0.15, 0.2) is 0 Å². The van der Waals surface area contributed by atoms with Crippen molar-refractivity contribution in [2.24, 2.45) is 0 Å². The van der Waals surface area contributed by atoms with Gasteiger partial charge in [0.1, 0.15) is 0 Å². The first kappa shape index (κ1) is 18.0. The number of rotatable bonds is 2. The number of amides is 1. The van der Waals surface area contributed by atoms with Crippen LogP contribution in [0.4, 0.5) is 13.2 Å². The first-order valence-electron chi connectivity index (χ1n) is 8.34. The van der Waals surface area contributed by atoms with Crippen molar-refractivity contribution in [1.82, 2.24) is 15.4 Å². The molecule has 0 spiro atoms. The number of hydrazine groups is 1. The van der Waals surface area contributed by atoms with E-state index in [-0.39, 0.29) is 10.6 Å². The number of fused-ring (bicyclic) bond motifs is 1. The molecule has 1 atom stereocenters. The molecule has 0 saturated carbocycles. The Bertz CT molecular complexity index is 1080. The number of aromatic nitrogens is 1. The van der Waals surface area contributed by atoms with E-state index >= 15 is 0 Å². The Morgan fingerprint density at radius 2 is 1.75 bits per heavy atom. The summed E-state index contributed by atoms with van der Waals surface area (Å²) >= 11 is 0. The smallest absolute Gasteiger partial charge is 0.359 e. The summed E-state index contributed by atoms with van der Waals surface area (Å²) < 4.78 is 40.1. The van der Waals surface area contributed by atoms with Crippen LogP contribution in [0.25, 0.3) is 22.2 Å². The number of nitrogens with one attached hydrogen (secondary N) is 1. The van der Waals surface area contributed by atoms with Crippen LogP contribution < -0.4 is 5.43 Å². The molecule has 5 nitrogen and oxygen atoms in total. The first-order valence-corrected chi connectivity index (χ1v) is 8.34. The molecule has 142 valence electrons. The van der Waals surface area contributed by atoms with E-state index in [4.69, 9.17) is 0 Å². The maximum atomic E-state index is 13.4. The maximum absolute atomic E-state index is 13.4. The van der Waals surface area contributed by atoms with Crippen LogP contribution in [0.1, 0.15) is 10.4 Å². The summed E-state index contributed by atoms with van der Waals surface area (Å²) in [6.07, 6.45) is -3.70. The SMILES string of the molecule is O=C(c1cc(-c2ccccc2)nc2ccccc12)N1NC=C[C@@]1(O)C(F)(F)F. The highest BCUT2D eigenvalue weighted by Gasteiger charge is 2.60. The molecular formula is C20H14F3N3O2. The van der Waals surface area contributed by atoms with Crippen molar-refractivity contribution in [1.29, 1.82) is 0 Å². The summed E-state index contributed by atoms with van der Waals surface area (Å²) in [4.78, 5) is 17.6. The fourth-order valence-corrected chi connectivity index (χ4v) is 3.07. The fraction of sp³-hybridized carbons (Fsp3) is 0.100. The number of nitrogens with zero attached hydrogens (tertiary/aromatic N) is 2. The summed E-state index contributed by atoms with van der Waals surface area (Å²) in [6.45, 7) is 0. The largest absolute Gasteiger partial charge is 0.442 e. The van der Waals surface area contributed by atoms with Crippen LogP contribution in [-0.4, -0.2) is 32.9 Å². The summed E-state index contributed by atoms with van der Waals surface area (Å²) in [6, 6.07) is 17.1. The lowest BCUT2D eigenvalue weighted by atomic mass is 10.0. The van der Waals surface area contributed by atoms with E-state index in [0.29, 0.717) is 28.2 Å². The van der Waals surface area contributed by atoms with Crippen LogP contribution in [-0.2, 0) is 0 Å². The number of hydrogen-bond acceptors (Lipinski definition) is 4. The molecule has 0 radical (unpaired) electrons. The number of alkyl halides is 3. The van der Waals surface area contributed by atoms with Gasteiger partial charge in [-0.15, -0.1) is 0 Å². The number of aliphatic hydroxyl groups is 1. The van der Waals surface area contributed by atoms with E-state index < -0.39 is 17.8 Å². The lowest BCUT2D eigenvalue weighted by Crippen LogP contribution is -2.60. The lowest BCUT2D eigenvalue weighted by molar-refractivity contribution is -0.283. The zero-order valence-corrected chi connectivity index (χ0v) is 14.3. The van der Waals surface area contributed by atoms with Gasteiger partial charge >= 0.3 is 6.18 Å². The van der Waals surface area contributed by atoms with Crippen molar-refractivity contribution in [2.45, 2.75) is 11.9 Å². The number of carbonyl (C=O) groups excluding carboxylic acids is 1. The van der Waals surface area contributed by atoms with E-state index in [1.807, 2.05) is 6.07 Å². The minimum Gasteiger partial charge on any atom is -0.359 e. The van der Waals surface area contributed by atoms with Crippen molar-refractivity contribution in [3.63, 3.8) is 0 Å². The van der Waals surface area contributed by atoms with Gasteiger partial charge in [0.2, 0.25) is 0 Å². The van der Waals surface area contributed by atoms with Crippen LogP contribution in [0.5, 0.6) is 0 Å². The fourth-order valence-electron chi connectivity index (χ4n) is 3.07. The van der Waals surface area contributed by atoms with Crippen molar-refractivity contribution >= 4 is 16.8 Å². The molecule has 2 N–H and O–H groups in total. The molecule has 4 rings (SSSR count). The van der Waals surface area contributed by atoms with Gasteiger partial charge in [-0.1, -0.05) is 48.5 Å². The van der Waals surface area contributed by atoms with Gasteiger partial charge in [0, 0.05) is 17.1 Å². The van der Waals surface area contributed by atoms with E-state index in [1.165, 1.54) is 6.07 Å². The predicted octanol–water partition coefficient (Wildman–Crippen LogP) is 3.63. The Balaban J connectivity index is 1.87. The average molecular weight is 385 g/mol. The van der Waals surface area contributed by atoms with E-state index in [0.717, 1.165) is 6.20 Å². The zero-order chi connectivity index (χ0) is 19.9. The molecule has 8 heteroatoms. The molecule has 1 amide bonds. The normalized spacial score (nSPS) is 19.1. The van der Waals surface area contributed by atoms with Crippen molar-refractivity contribution in [3.05, 3.63) is 78.5 Å². The Kier molecular flexibility index (Phi) is 4.08. The van der Waals surface area contributed by atoms with Crippen LogP contribution in [0, 0.1) is 0 Å². The second kappa shape index (κ2) is 6.35. The Morgan fingerprint density at radius 3 is 2.46 bits per heavy atom. The van der Waals surface area contributed by atoms with Gasteiger partial charge in [-0.05, 0) is 18.2 Å². The minimum absolute atomic E-state index is 0.0108. The molecule has 0 bridgehead atoms. The molecule has 2 heterocycles. The summed E-state index contributed by atoms with van der Waals surface area (Å²) in [5, 5.41) is 10.6. The third-order valence-corrected chi connectivity index (χ3v) is 4.50. The molecule has 1 aromatic heterocycles. The van der Waals surface area contributed by atoms with Gasteiger partial charge < -0.3 is 5.11 Å². The Labute approximate surface area is 157 Å². The second-order valence-corrected chi connectivity index (χ2v) is 6.27. The number of benzene rings is 2. The van der Waals surface area contributed by atoms with Crippen LogP contribution in [0.15, 0.2) is 72.9 Å². The number of pyridine rings is 1. The van der Waals surface area contributed by atoms with Gasteiger partial charge in [-0.3, -0.25) is 10.2 Å². The van der Waals surface area contributed by atoms with Gasteiger partial charge in [-0.2, -0.15) is 13.2 Å². The van der Waals surface area contributed by atoms with Crippen LogP contribution in [0.2, 0.25) is 0 Å². The van der Waals surface area contributed by atoms with Gasteiger partial charge in [0.25, 0.3) is 11.6 Å². The monoisotopic (exact) mass is 385 g/mol. The zero-order valence-electron chi connectivity index (χ0n) is 14.3. The molecular weight excluding hydrogens is 371 g/mol. The van der Waals surface area contributed by atoms with Gasteiger partial charge in [0.05, 0.1) is 16.8 Å².